The van der Waals surface area contributed by atoms with Crippen molar-refractivity contribution in [3.8, 4) is 0 Å². The standard InChI is InChI=1S/C23H21FN4O3S/c1-15-6-7-20-17(12-15)26-23(31-20)32-14-21-25-18(13-30-21)22(29)28-10-8-27(9-11-28)19-5-3-2-4-16(19)24/h2-7,12-13H,8-11,14H2,1H3. The van der Waals surface area contributed by atoms with E-state index in [0.717, 1.165) is 16.7 Å². The Morgan fingerprint density at radius 2 is 1.94 bits per heavy atom. The van der Waals surface area contributed by atoms with Crippen molar-refractivity contribution in [3.05, 3.63) is 71.7 Å². The van der Waals surface area contributed by atoms with Gasteiger partial charge in [0.1, 0.15) is 17.6 Å². The zero-order valence-electron chi connectivity index (χ0n) is 17.5. The van der Waals surface area contributed by atoms with Gasteiger partial charge in [0.05, 0.1) is 11.4 Å². The molecule has 7 nitrogen and oxygen atoms in total. The minimum absolute atomic E-state index is 0.185. The number of piperazine rings is 1. The molecule has 0 unspecified atom stereocenters. The number of benzene rings is 2. The molecule has 0 spiro atoms. The molecule has 3 heterocycles. The summed E-state index contributed by atoms with van der Waals surface area (Å²) >= 11 is 1.36. The third-order valence-corrected chi connectivity index (χ3v) is 6.19. The van der Waals surface area contributed by atoms with Gasteiger partial charge in [0.2, 0.25) is 5.89 Å². The van der Waals surface area contributed by atoms with E-state index in [-0.39, 0.29) is 17.4 Å². The van der Waals surface area contributed by atoms with Gasteiger partial charge in [0.25, 0.3) is 11.1 Å². The minimum Gasteiger partial charge on any atom is -0.447 e. The number of halogens is 1. The molecular weight excluding hydrogens is 431 g/mol. The molecule has 1 aliphatic heterocycles. The Morgan fingerprint density at radius 3 is 2.75 bits per heavy atom. The second-order valence-electron chi connectivity index (χ2n) is 7.60. The van der Waals surface area contributed by atoms with Crippen LogP contribution in [0, 0.1) is 12.7 Å². The Bertz CT molecular complexity index is 1260. The number of thioether (sulfide) groups is 1. The number of fused-ring (bicyclic) bond motifs is 1. The maximum absolute atomic E-state index is 14.0. The van der Waals surface area contributed by atoms with E-state index in [2.05, 4.69) is 9.97 Å². The molecule has 9 heteroatoms. The number of anilines is 1. The van der Waals surface area contributed by atoms with Gasteiger partial charge in [0.15, 0.2) is 11.3 Å². The van der Waals surface area contributed by atoms with Crippen LogP contribution in [0.25, 0.3) is 11.1 Å². The van der Waals surface area contributed by atoms with Gasteiger partial charge in [-0.1, -0.05) is 30.0 Å². The number of hydrogen-bond donors (Lipinski definition) is 0. The van der Waals surface area contributed by atoms with Crippen LogP contribution < -0.4 is 4.90 Å². The van der Waals surface area contributed by atoms with E-state index in [4.69, 9.17) is 8.83 Å². The van der Waals surface area contributed by atoms with Gasteiger partial charge in [-0.3, -0.25) is 4.79 Å². The lowest BCUT2D eigenvalue weighted by Crippen LogP contribution is -2.49. The smallest absolute Gasteiger partial charge is 0.275 e. The third-order valence-electron chi connectivity index (χ3n) is 5.37. The van der Waals surface area contributed by atoms with E-state index in [1.165, 1.54) is 24.1 Å². The van der Waals surface area contributed by atoms with Crippen molar-refractivity contribution >= 4 is 34.5 Å². The van der Waals surface area contributed by atoms with Gasteiger partial charge in [0, 0.05) is 26.2 Å². The monoisotopic (exact) mass is 452 g/mol. The molecule has 1 fully saturated rings. The van der Waals surface area contributed by atoms with Gasteiger partial charge in [-0.15, -0.1) is 0 Å². The molecule has 0 atom stereocenters. The van der Waals surface area contributed by atoms with Crippen LogP contribution in [0.3, 0.4) is 0 Å². The Hall–Kier alpha value is -3.33. The van der Waals surface area contributed by atoms with E-state index in [1.807, 2.05) is 36.1 Å². The molecule has 0 saturated carbocycles. The maximum Gasteiger partial charge on any atom is 0.275 e. The summed E-state index contributed by atoms with van der Waals surface area (Å²) in [6.07, 6.45) is 1.39. The van der Waals surface area contributed by atoms with Crippen molar-refractivity contribution in [1.82, 2.24) is 14.9 Å². The Labute approximate surface area is 188 Å². The number of carbonyl (C=O) groups is 1. The summed E-state index contributed by atoms with van der Waals surface area (Å²) in [6.45, 7) is 4.11. The van der Waals surface area contributed by atoms with Crippen LogP contribution in [0.1, 0.15) is 21.9 Å². The number of hydrogen-bond acceptors (Lipinski definition) is 7. The second kappa shape index (κ2) is 8.66. The molecule has 0 radical (unpaired) electrons. The number of amides is 1. The van der Waals surface area contributed by atoms with Crippen molar-refractivity contribution in [2.45, 2.75) is 17.9 Å². The molecule has 32 heavy (non-hydrogen) atoms. The summed E-state index contributed by atoms with van der Waals surface area (Å²) in [7, 11) is 0. The van der Waals surface area contributed by atoms with Crippen LogP contribution in [-0.2, 0) is 5.75 Å². The SMILES string of the molecule is Cc1ccc2oc(SCc3nc(C(=O)N4CCN(c5ccccc5F)CC4)co3)nc2c1. The normalized spacial score (nSPS) is 14.3. The van der Waals surface area contributed by atoms with Crippen molar-refractivity contribution in [2.24, 2.45) is 0 Å². The fourth-order valence-electron chi connectivity index (χ4n) is 3.70. The van der Waals surface area contributed by atoms with Gasteiger partial charge in [-0.05, 0) is 36.8 Å². The van der Waals surface area contributed by atoms with Crippen LogP contribution in [0.2, 0.25) is 0 Å². The van der Waals surface area contributed by atoms with E-state index < -0.39 is 0 Å². The Balaban J connectivity index is 1.18. The average molecular weight is 453 g/mol. The summed E-state index contributed by atoms with van der Waals surface area (Å²) in [6, 6.07) is 12.5. The molecule has 4 aromatic rings. The Morgan fingerprint density at radius 1 is 1.12 bits per heavy atom. The largest absolute Gasteiger partial charge is 0.447 e. The fraction of sp³-hybridized carbons (Fsp3) is 0.261. The summed E-state index contributed by atoms with van der Waals surface area (Å²) in [5.74, 6) is 0.400. The first-order chi connectivity index (χ1) is 15.6. The molecule has 5 rings (SSSR count). The van der Waals surface area contributed by atoms with Crippen molar-refractivity contribution in [3.63, 3.8) is 0 Å². The molecule has 1 aliphatic rings. The van der Waals surface area contributed by atoms with Crippen molar-refractivity contribution in [1.29, 1.82) is 0 Å². The van der Waals surface area contributed by atoms with Crippen molar-refractivity contribution < 1.29 is 18.0 Å². The number of oxazole rings is 2. The van der Waals surface area contributed by atoms with E-state index in [1.54, 1.807) is 17.0 Å². The molecule has 2 aromatic heterocycles. The molecule has 2 aromatic carbocycles. The van der Waals surface area contributed by atoms with Gasteiger partial charge in [-0.25, -0.2) is 14.4 Å². The van der Waals surface area contributed by atoms with E-state index in [0.29, 0.717) is 48.7 Å². The number of carbonyl (C=O) groups excluding carboxylic acids is 1. The number of nitrogens with zero attached hydrogens (tertiary/aromatic N) is 4. The molecule has 0 bridgehead atoms. The number of rotatable bonds is 5. The fourth-order valence-corrected chi connectivity index (χ4v) is 4.39. The summed E-state index contributed by atoms with van der Waals surface area (Å²) < 4.78 is 25.2. The minimum atomic E-state index is -0.250. The third kappa shape index (κ3) is 4.20. The van der Waals surface area contributed by atoms with Crippen LogP contribution in [0.5, 0.6) is 0 Å². The lowest BCUT2D eigenvalue weighted by Gasteiger charge is -2.35. The maximum atomic E-state index is 14.0. The lowest BCUT2D eigenvalue weighted by atomic mass is 10.2. The predicted molar refractivity (Wildman–Crippen MR) is 119 cm³/mol. The van der Waals surface area contributed by atoms with Crippen LogP contribution in [0.4, 0.5) is 10.1 Å². The van der Waals surface area contributed by atoms with Gasteiger partial charge >= 0.3 is 0 Å². The highest BCUT2D eigenvalue weighted by Gasteiger charge is 2.25. The summed E-state index contributed by atoms with van der Waals surface area (Å²) in [5.41, 5.74) is 3.50. The molecule has 1 amide bonds. The highest BCUT2D eigenvalue weighted by molar-refractivity contribution is 7.98. The second-order valence-corrected chi connectivity index (χ2v) is 8.52. The van der Waals surface area contributed by atoms with E-state index in [9.17, 15) is 9.18 Å². The molecule has 1 saturated heterocycles. The zero-order valence-corrected chi connectivity index (χ0v) is 18.3. The average Bonchev–Trinajstić information content (AvgIpc) is 3.44. The number of para-hydroxylation sites is 1. The molecule has 164 valence electrons. The predicted octanol–water partition coefficient (Wildman–Crippen LogP) is 4.52. The van der Waals surface area contributed by atoms with Crippen LogP contribution >= 0.6 is 11.8 Å². The first kappa shape index (κ1) is 20.6. The van der Waals surface area contributed by atoms with Gasteiger partial charge in [-0.2, -0.15) is 0 Å². The topological polar surface area (TPSA) is 75.6 Å². The van der Waals surface area contributed by atoms with E-state index >= 15 is 0 Å². The summed E-state index contributed by atoms with van der Waals surface area (Å²) in [5, 5.41) is 0.529. The first-order valence-corrected chi connectivity index (χ1v) is 11.3. The van der Waals surface area contributed by atoms with Crippen LogP contribution in [0.15, 0.2) is 62.8 Å². The number of aryl methyl sites for hydroxylation is 1. The number of aromatic nitrogens is 2. The molecule has 0 aliphatic carbocycles. The first-order valence-electron chi connectivity index (χ1n) is 10.3. The lowest BCUT2D eigenvalue weighted by molar-refractivity contribution is 0.0740. The van der Waals surface area contributed by atoms with Crippen LogP contribution in [-0.4, -0.2) is 47.0 Å². The van der Waals surface area contributed by atoms with Crippen molar-refractivity contribution in [2.75, 3.05) is 31.1 Å². The Kier molecular flexibility index (Phi) is 5.57. The molecule has 0 N–H and O–H groups in total. The zero-order chi connectivity index (χ0) is 22.1. The van der Waals surface area contributed by atoms with Gasteiger partial charge < -0.3 is 18.6 Å². The summed E-state index contributed by atoms with van der Waals surface area (Å²) in [4.78, 5) is 25.3. The highest BCUT2D eigenvalue weighted by atomic mass is 32.2. The quantitative estimate of drug-likeness (QED) is 0.412. The highest BCUT2D eigenvalue weighted by Crippen LogP contribution is 2.27. The molecular formula is C23H21FN4O3S.